The Morgan fingerprint density at radius 2 is 1.62 bits per heavy atom. The van der Waals surface area contributed by atoms with Crippen molar-refractivity contribution in [3.63, 3.8) is 0 Å². The Labute approximate surface area is 323 Å². The van der Waals surface area contributed by atoms with Gasteiger partial charge in [-0.25, -0.2) is 0 Å². The monoisotopic (exact) mass is 751 g/mol. The number of aliphatic carboxylic acids is 1. The molecule has 9 atom stereocenters. The molecule has 2 unspecified atom stereocenters. The summed E-state index contributed by atoms with van der Waals surface area (Å²) < 4.78 is 12.6. The van der Waals surface area contributed by atoms with E-state index in [1.807, 2.05) is 19.2 Å². The van der Waals surface area contributed by atoms with E-state index >= 15 is 0 Å². The number of carboxylic acids is 1. The first-order valence-corrected chi connectivity index (χ1v) is 20.7. The van der Waals surface area contributed by atoms with Gasteiger partial charge in [0.1, 0.15) is 6.10 Å². The number of Topliss-reactive ketones (excluding diaryl/α,β-unsaturated/α-hetero) is 1. The van der Waals surface area contributed by atoms with E-state index in [0.717, 1.165) is 62.0 Å². The van der Waals surface area contributed by atoms with Crippen LogP contribution in [-0.2, 0) is 30.4 Å². The molecule has 0 bridgehead atoms. The second kappa shape index (κ2) is 14.1. The predicted molar refractivity (Wildman–Crippen MR) is 209 cm³/mol. The molecule has 0 heterocycles. The Morgan fingerprint density at radius 3 is 2.25 bits per heavy atom. The average Bonchev–Trinajstić information content (AvgIpc) is 3.38. The molecule has 0 aromatic heterocycles. The van der Waals surface area contributed by atoms with Gasteiger partial charge in [0.15, 0.2) is 5.78 Å². The van der Waals surface area contributed by atoms with Gasteiger partial charge >= 0.3 is 11.9 Å². The van der Waals surface area contributed by atoms with Gasteiger partial charge in [-0.05, 0) is 128 Å². The quantitative estimate of drug-likeness (QED) is 0.217. The lowest BCUT2D eigenvalue weighted by Gasteiger charge is -2.72. The summed E-state index contributed by atoms with van der Waals surface area (Å²) in [7, 11) is 1.83. The molecule has 5 aliphatic rings. The molecule has 7 nitrogen and oxygen atoms in total. The highest BCUT2D eigenvalue weighted by atomic mass is 35.5. The average molecular weight is 752 g/mol. The van der Waals surface area contributed by atoms with Gasteiger partial charge in [-0.3, -0.25) is 14.4 Å². The standard InChI is InChI=1S/C45H66ClNO6/c1-27(2)37-31(48)23-45(35(52-10)26-47-25-28-11-13-29(46)14-12-28)22-21-43(8)30(38(37)45)15-16-33-42(7)19-18-34(53-36(49)24-40(3,4)39(50)51)41(5,6)32(42)17-20-44(33,43)9/h11-14,27,30,32-35,47H,15-26H2,1-10H3,(H,50,51)/t30?,32-,33+,34-,35-,42?,43+,44+,45-/m0/s1. The second-order valence-electron chi connectivity index (χ2n) is 20.0. The molecule has 0 amide bonds. The van der Waals surface area contributed by atoms with Gasteiger partial charge in [0.2, 0.25) is 0 Å². The van der Waals surface area contributed by atoms with Crippen molar-refractivity contribution in [2.75, 3.05) is 13.7 Å². The number of allylic oxidation sites excluding steroid dienone is 1. The van der Waals surface area contributed by atoms with E-state index in [-0.39, 0.29) is 51.6 Å². The summed E-state index contributed by atoms with van der Waals surface area (Å²) in [5.74, 6) is 0.332. The molecule has 5 aliphatic carbocycles. The van der Waals surface area contributed by atoms with E-state index < -0.39 is 17.4 Å². The van der Waals surface area contributed by atoms with Gasteiger partial charge in [-0.2, -0.15) is 0 Å². The maximum atomic E-state index is 14.2. The smallest absolute Gasteiger partial charge is 0.309 e. The third kappa shape index (κ3) is 6.45. The highest BCUT2D eigenvalue weighted by Gasteiger charge is 2.71. The van der Waals surface area contributed by atoms with Crippen LogP contribution in [0.5, 0.6) is 0 Å². The number of methoxy groups -OCH3 is 1. The van der Waals surface area contributed by atoms with E-state index in [9.17, 15) is 19.5 Å². The number of fused-ring (bicyclic) bond motifs is 7. The molecular formula is C45H66ClNO6. The molecule has 8 heteroatoms. The van der Waals surface area contributed by atoms with Crippen LogP contribution in [0.15, 0.2) is 35.4 Å². The second-order valence-corrected chi connectivity index (χ2v) is 20.5. The molecule has 1 aromatic carbocycles. The van der Waals surface area contributed by atoms with Crippen molar-refractivity contribution in [1.29, 1.82) is 0 Å². The summed E-state index contributed by atoms with van der Waals surface area (Å²) in [5.41, 5.74) is 2.21. The zero-order valence-electron chi connectivity index (χ0n) is 34.1. The van der Waals surface area contributed by atoms with Crippen LogP contribution in [0.25, 0.3) is 0 Å². The Hall–Kier alpha value is -2.22. The van der Waals surface area contributed by atoms with Crippen LogP contribution in [-0.4, -0.2) is 48.7 Å². The minimum Gasteiger partial charge on any atom is -0.481 e. The van der Waals surface area contributed by atoms with Gasteiger partial charge in [-0.15, -0.1) is 0 Å². The summed E-state index contributed by atoms with van der Waals surface area (Å²) in [4.78, 5) is 39.1. The zero-order chi connectivity index (χ0) is 38.9. The molecule has 1 aromatic rings. The molecule has 0 saturated heterocycles. The molecule has 53 heavy (non-hydrogen) atoms. The highest BCUT2D eigenvalue weighted by molar-refractivity contribution is 6.30. The molecule has 4 fully saturated rings. The van der Waals surface area contributed by atoms with Crippen molar-refractivity contribution in [1.82, 2.24) is 5.32 Å². The number of rotatable bonds is 11. The first-order valence-electron chi connectivity index (χ1n) is 20.4. The Balaban J connectivity index is 1.27. The molecule has 0 radical (unpaired) electrons. The van der Waals surface area contributed by atoms with Crippen molar-refractivity contribution in [3.05, 3.63) is 46.0 Å². The molecule has 294 valence electrons. The largest absolute Gasteiger partial charge is 0.481 e. The fraction of sp³-hybridized carbons (Fsp3) is 0.756. The molecule has 6 rings (SSSR count). The number of hydrogen-bond donors (Lipinski definition) is 2. The van der Waals surface area contributed by atoms with Crippen molar-refractivity contribution < 1.29 is 29.0 Å². The highest BCUT2D eigenvalue weighted by Crippen LogP contribution is 2.77. The molecule has 4 saturated carbocycles. The number of carbonyl (C=O) groups excluding carboxylic acids is 2. The van der Waals surface area contributed by atoms with Gasteiger partial charge in [-0.1, -0.05) is 77.8 Å². The number of ketones is 1. The topological polar surface area (TPSA) is 102 Å². The first kappa shape index (κ1) is 40.4. The number of benzene rings is 1. The van der Waals surface area contributed by atoms with E-state index in [1.54, 1.807) is 13.8 Å². The summed E-state index contributed by atoms with van der Waals surface area (Å²) in [6, 6.07) is 7.97. The van der Waals surface area contributed by atoms with Crippen molar-refractivity contribution in [2.24, 2.45) is 56.2 Å². The number of carbonyl (C=O) groups is 3. The molecule has 2 N–H and O–H groups in total. The summed E-state index contributed by atoms with van der Waals surface area (Å²) in [6.07, 6.45) is 8.30. The van der Waals surface area contributed by atoms with Crippen LogP contribution in [0.1, 0.15) is 132 Å². The Morgan fingerprint density at radius 1 is 0.943 bits per heavy atom. The third-order valence-electron chi connectivity index (χ3n) is 16.3. The van der Waals surface area contributed by atoms with Crippen LogP contribution >= 0.6 is 11.6 Å². The lowest BCUT2D eigenvalue weighted by atomic mass is 9.33. The molecular weight excluding hydrogens is 686 g/mol. The molecule has 0 spiro atoms. The minimum absolute atomic E-state index is 0.0401. The van der Waals surface area contributed by atoms with Crippen LogP contribution in [0.2, 0.25) is 5.02 Å². The Kier molecular flexibility index (Phi) is 10.7. The predicted octanol–water partition coefficient (Wildman–Crippen LogP) is 9.84. The number of hydrogen-bond acceptors (Lipinski definition) is 6. The minimum atomic E-state index is -1.16. The maximum Gasteiger partial charge on any atom is 0.309 e. The lowest BCUT2D eigenvalue weighted by molar-refractivity contribution is -0.235. The normalized spacial score (nSPS) is 37.0. The van der Waals surface area contributed by atoms with Crippen LogP contribution < -0.4 is 5.32 Å². The van der Waals surface area contributed by atoms with Gasteiger partial charge in [0.25, 0.3) is 0 Å². The fourth-order valence-electron chi connectivity index (χ4n) is 13.4. The van der Waals surface area contributed by atoms with Crippen molar-refractivity contribution >= 4 is 29.3 Å². The van der Waals surface area contributed by atoms with Crippen molar-refractivity contribution in [2.45, 2.75) is 145 Å². The number of halogens is 1. The SMILES string of the molecule is CO[C@@H](CNCc1ccc(Cl)cc1)[C@@]12CC[C@]3(C)C(CC[C@@H]4C5(C)CC[C@H](OC(=O)CC(C)(C)C(=O)O)C(C)(C)[C@@H]5CC[C@]43C)C1=C(C(C)C)C(=O)C2. The van der Waals surface area contributed by atoms with E-state index in [4.69, 9.17) is 21.1 Å². The summed E-state index contributed by atoms with van der Waals surface area (Å²) >= 11 is 6.15. The van der Waals surface area contributed by atoms with Crippen LogP contribution in [0.3, 0.4) is 0 Å². The summed E-state index contributed by atoms with van der Waals surface area (Å²) in [6.45, 7) is 21.3. The zero-order valence-corrected chi connectivity index (χ0v) is 34.9. The first-order chi connectivity index (χ1) is 24.7. The summed E-state index contributed by atoms with van der Waals surface area (Å²) in [5, 5.41) is 14.0. The Bertz CT molecular complexity index is 1630. The lowest BCUT2D eigenvalue weighted by Crippen LogP contribution is -2.66. The molecule has 0 aliphatic heterocycles. The maximum absolute atomic E-state index is 14.2. The van der Waals surface area contributed by atoms with E-state index in [2.05, 4.69) is 65.9 Å². The third-order valence-corrected chi connectivity index (χ3v) is 16.6. The van der Waals surface area contributed by atoms with Gasteiger partial charge < -0.3 is 19.9 Å². The van der Waals surface area contributed by atoms with E-state index in [1.165, 1.54) is 11.1 Å². The number of ether oxygens (including phenoxy) is 2. The van der Waals surface area contributed by atoms with Crippen LogP contribution in [0, 0.1) is 56.2 Å². The van der Waals surface area contributed by atoms with E-state index in [0.29, 0.717) is 43.0 Å². The van der Waals surface area contributed by atoms with Gasteiger partial charge in [0.05, 0.1) is 17.9 Å². The van der Waals surface area contributed by atoms with Gasteiger partial charge in [0, 0.05) is 42.5 Å². The van der Waals surface area contributed by atoms with Crippen molar-refractivity contribution in [3.8, 4) is 0 Å². The number of carboxylic acid groups (broad SMARTS) is 1. The number of nitrogens with one attached hydrogen (secondary N) is 1. The van der Waals surface area contributed by atoms with Crippen LogP contribution in [0.4, 0.5) is 0 Å². The fourth-order valence-corrected chi connectivity index (χ4v) is 13.5. The number of esters is 1.